The van der Waals surface area contributed by atoms with Crippen LogP contribution in [0.2, 0.25) is 0 Å². The summed E-state index contributed by atoms with van der Waals surface area (Å²) in [7, 11) is 0. The van der Waals surface area contributed by atoms with E-state index in [-0.39, 0.29) is 11.5 Å². The first kappa shape index (κ1) is 12.3. The van der Waals surface area contributed by atoms with Gasteiger partial charge in [-0.1, -0.05) is 17.7 Å². The van der Waals surface area contributed by atoms with E-state index in [9.17, 15) is 15.3 Å². The van der Waals surface area contributed by atoms with Gasteiger partial charge in [-0.25, -0.2) is 0 Å². The standard InChI is InChI=1S/C15H16O3/c1-8-6-9(2)13(10(3)7-8)11-4-5-12(16)15(18)14(11)17/h4-7,16-18H,1-3H3. The quantitative estimate of drug-likeness (QED) is 0.674. The van der Waals surface area contributed by atoms with Crippen molar-refractivity contribution in [2.45, 2.75) is 20.8 Å². The highest BCUT2D eigenvalue weighted by Crippen LogP contribution is 2.44. The molecule has 94 valence electrons. The van der Waals surface area contributed by atoms with Crippen molar-refractivity contribution in [3.8, 4) is 28.4 Å². The van der Waals surface area contributed by atoms with Crippen molar-refractivity contribution in [2.75, 3.05) is 0 Å². The Hall–Kier alpha value is -2.16. The normalized spacial score (nSPS) is 10.6. The summed E-state index contributed by atoms with van der Waals surface area (Å²) in [6.45, 7) is 5.93. The molecule has 2 aromatic carbocycles. The molecule has 0 bridgehead atoms. The van der Waals surface area contributed by atoms with Crippen LogP contribution in [0.4, 0.5) is 0 Å². The van der Waals surface area contributed by atoms with Crippen LogP contribution in [-0.4, -0.2) is 15.3 Å². The Morgan fingerprint density at radius 2 is 1.33 bits per heavy atom. The van der Waals surface area contributed by atoms with Crippen molar-refractivity contribution in [2.24, 2.45) is 0 Å². The van der Waals surface area contributed by atoms with Gasteiger partial charge >= 0.3 is 0 Å². The van der Waals surface area contributed by atoms with Crippen molar-refractivity contribution in [3.63, 3.8) is 0 Å². The molecule has 0 aliphatic rings. The fraction of sp³-hybridized carbons (Fsp3) is 0.200. The van der Waals surface area contributed by atoms with Crippen molar-refractivity contribution in [1.29, 1.82) is 0 Å². The predicted molar refractivity (Wildman–Crippen MR) is 71.1 cm³/mol. The Balaban J connectivity index is 2.74. The molecule has 2 rings (SSSR count). The minimum atomic E-state index is -0.480. The van der Waals surface area contributed by atoms with Crippen LogP contribution in [0.25, 0.3) is 11.1 Å². The summed E-state index contributed by atoms with van der Waals surface area (Å²) in [6.07, 6.45) is 0. The van der Waals surface area contributed by atoms with Crippen molar-refractivity contribution in [3.05, 3.63) is 41.0 Å². The molecule has 0 saturated carbocycles. The number of phenols is 3. The Labute approximate surface area is 106 Å². The third kappa shape index (κ3) is 1.88. The number of rotatable bonds is 1. The molecule has 3 N–H and O–H groups in total. The van der Waals surface area contributed by atoms with E-state index in [1.807, 2.05) is 32.9 Å². The van der Waals surface area contributed by atoms with Crippen molar-refractivity contribution >= 4 is 0 Å². The monoisotopic (exact) mass is 244 g/mol. The second-order valence-electron chi connectivity index (χ2n) is 4.60. The number of benzene rings is 2. The van der Waals surface area contributed by atoms with Gasteiger partial charge in [-0.2, -0.15) is 0 Å². The third-order valence-electron chi connectivity index (χ3n) is 3.08. The minimum absolute atomic E-state index is 0.287. The first-order chi connectivity index (χ1) is 8.41. The average molecular weight is 244 g/mol. The molecule has 0 aliphatic heterocycles. The predicted octanol–water partition coefficient (Wildman–Crippen LogP) is 3.40. The molecule has 3 nitrogen and oxygen atoms in total. The first-order valence-electron chi connectivity index (χ1n) is 5.74. The first-order valence-corrected chi connectivity index (χ1v) is 5.74. The zero-order valence-corrected chi connectivity index (χ0v) is 10.7. The van der Waals surface area contributed by atoms with Crippen LogP contribution in [0.3, 0.4) is 0 Å². The molecular weight excluding hydrogens is 228 g/mol. The summed E-state index contributed by atoms with van der Waals surface area (Å²) < 4.78 is 0. The third-order valence-corrected chi connectivity index (χ3v) is 3.08. The van der Waals surface area contributed by atoms with Gasteiger partial charge in [0.2, 0.25) is 5.75 Å². The average Bonchev–Trinajstić information content (AvgIpc) is 2.28. The maximum absolute atomic E-state index is 9.94. The van der Waals surface area contributed by atoms with Crippen LogP contribution in [0.15, 0.2) is 24.3 Å². The van der Waals surface area contributed by atoms with Gasteiger partial charge in [0.05, 0.1) is 0 Å². The molecule has 0 heterocycles. The second-order valence-corrected chi connectivity index (χ2v) is 4.60. The lowest BCUT2D eigenvalue weighted by molar-refractivity contribution is 0.369. The lowest BCUT2D eigenvalue weighted by atomic mass is 9.93. The van der Waals surface area contributed by atoms with Gasteiger partial charge in [0.25, 0.3) is 0 Å². The number of phenolic OH excluding ortho intramolecular Hbond substituents is 3. The highest BCUT2D eigenvalue weighted by Gasteiger charge is 2.15. The Kier molecular flexibility index (Phi) is 2.91. The molecule has 0 fully saturated rings. The molecule has 0 aromatic heterocycles. The number of hydrogen-bond donors (Lipinski definition) is 3. The van der Waals surface area contributed by atoms with Gasteiger partial charge in [-0.05, 0) is 49.6 Å². The van der Waals surface area contributed by atoms with Crippen molar-refractivity contribution < 1.29 is 15.3 Å². The maximum atomic E-state index is 9.94. The number of hydrogen-bond acceptors (Lipinski definition) is 3. The largest absolute Gasteiger partial charge is 0.504 e. The molecular formula is C15H16O3. The summed E-state index contributed by atoms with van der Waals surface area (Å²) in [6, 6.07) is 7.02. The van der Waals surface area contributed by atoms with Crippen LogP contribution in [0.5, 0.6) is 17.2 Å². The summed E-state index contributed by atoms with van der Waals surface area (Å²) >= 11 is 0. The molecule has 0 unspecified atom stereocenters. The van der Waals surface area contributed by atoms with E-state index < -0.39 is 5.75 Å². The number of aryl methyl sites for hydroxylation is 3. The van der Waals surface area contributed by atoms with Gasteiger partial charge in [0.1, 0.15) is 0 Å². The summed E-state index contributed by atoms with van der Waals surface area (Å²) in [5.41, 5.74) is 4.60. The highest BCUT2D eigenvalue weighted by molar-refractivity contribution is 5.79. The Bertz CT molecular complexity index is 592. The van der Waals surface area contributed by atoms with Crippen LogP contribution < -0.4 is 0 Å². The summed E-state index contributed by atoms with van der Waals surface area (Å²) in [5, 5.41) is 28.9. The molecule has 0 aliphatic carbocycles. The summed E-state index contributed by atoms with van der Waals surface area (Å²) in [5.74, 6) is -1.09. The van der Waals surface area contributed by atoms with Crippen molar-refractivity contribution in [1.82, 2.24) is 0 Å². The molecule has 0 atom stereocenters. The Morgan fingerprint density at radius 3 is 1.89 bits per heavy atom. The Morgan fingerprint density at radius 1 is 0.778 bits per heavy atom. The SMILES string of the molecule is Cc1cc(C)c(-c2ccc(O)c(O)c2O)c(C)c1. The molecule has 2 aromatic rings. The van der Waals surface area contributed by atoms with Gasteiger partial charge in [0, 0.05) is 5.56 Å². The van der Waals surface area contributed by atoms with Crippen LogP contribution in [0, 0.1) is 20.8 Å². The van der Waals surface area contributed by atoms with Crippen LogP contribution in [-0.2, 0) is 0 Å². The van der Waals surface area contributed by atoms with Crippen LogP contribution in [0.1, 0.15) is 16.7 Å². The molecule has 3 heteroatoms. The topological polar surface area (TPSA) is 60.7 Å². The fourth-order valence-electron chi connectivity index (χ4n) is 2.38. The zero-order chi connectivity index (χ0) is 13.4. The van der Waals surface area contributed by atoms with E-state index in [1.54, 1.807) is 6.07 Å². The van der Waals surface area contributed by atoms with E-state index in [1.165, 1.54) is 6.07 Å². The van der Waals surface area contributed by atoms with Crippen LogP contribution >= 0.6 is 0 Å². The molecule has 18 heavy (non-hydrogen) atoms. The molecule has 0 saturated heterocycles. The highest BCUT2D eigenvalue weighted by atomic mass is 16.3. The summed E-state index contributed by atoms with van der Waals surface area (Å²) in [4.78, 5) is 0. The van der Waals surface area contributed by atoms with E-state index in [0.717, 1.165) is 22.3 Å². The second kappa shape index (κ2) is 4.26. The van der Waals surface area contributed by atoms with E-state index in [2.05, 4.69) is 0 Å². The molecule has 0 radical (unpaired) electrons. The molecule has 0 amide bonds. The lowest BCUT2D eigenvalue weighted by Crippen LogP contribution is -1.91. The van der Waals surface area contributed by atoms with Gasteiger partial charge in [0.15, 0.2) is 11.5 Å². The van der Waals surface area contributed by atoms with E-state index >= 15 is 0 Å². The number of aromatic hydroxyl groups is 3. The van der Waals surface area contributed by atoms with E-state index in [4.69, 9.17) is 0 Å². The molecule has 0 spiro atoms. The van der Waals surface area contributed by atoms with E-state index in [0.29, 0.717) is 5.56 Å². The zero-order valence-electron chi connectivity index (χ0n) is 10.7. The fourth-order valence-corrected chi connectivity index (χ4v) is 2.38. The minimum Gasteiger partial charge on any atom is -0.504 e. The van der Waals surface area contributed by atoms with Gasteiger partial charge in [-0.3, -0.25) is 0 Å². The lowest BCUT2D eigenvalue weighted by Gasteiger charge is -2.14. The van der Waals surface area contributed by atoms with Gasteiger partial charge in [-0.15, -0.1) is 0 Å². The maximum Gasteiger partial charge on any atom is 0.200 e. The smallest absolute Gasteiger partial charge is 0.200 e. The van der Waals surface area contributed by atoms with Gasteiger partial charge < -0.3 is 15.3 Å².